The SMILES string of the molecule is COc1ccc(C(=O)N[C@@H](NC(=S)Nc2ccc(I)cc2)C(Cl)(Cl)Cl)cc1OC. The zero-order valence-electron chi connectivity index (χ0n) is 15.3. The lowest BCUT2D eigenvalue weighted by atomic mass is 10.2. The van der Waals surface area contributed by atoms with Gasteiger partial charge in [-0.15, -0.1) is 0 Å². The predicted octanol–water partition coefficient (Wildman–Crippen LogP) is 4.72. The Kier molecular flexibility index (Phi) is 8.90. The van der Waals surface area contributed by atoms with Crippen LogP contribution in [0.15, 0.2) is 42.5 Å². The maximum Gasteiger partial charge on any atom is 0.253 e. The number of benzene rings is 2. The van der Waals surface area contributed by atoms with Crippen molar-refractivity contribution < 1.29 is 14.3 Å². The second-order valence-electron chi connectivity index (χ2n) is 5.62. The molecule has 0 saturated carbocycles. The van der Waals surface area contributed by atoms with Crippen molar-refractivity contribution in [2.24, 2.45) is 0 Å². The Bertz CT molecular complexity index is 879. The van der Waals surface area contributed by atoms with Crippen LogP contribution in [0.1, 0.15) is 10.4 Å². The van der Waals surface area contributed by atoms with Crippen LogP contribution in [0.4, 0.5) is 5.69 Å². The Morgan fingerprint density at radius 2 is 1.66 bits per heavy atom. The van der Waals surface area contributed by atoms with Crippen LogP contribution in [0.3, 0.4) is 0 Å². The zero-order valence-corrected chi connectivity index (χ0v) is 20.5. The molecule has 1 amide bonds. The van der Waals surface area contributed by atoms with Crippen LogP contribution in [0, 0.1) is 3.57 Å². The molecule has 0 aliphatic rings. The third-order valence-electron chi connectivity index (χ3n) is 3.63. The Hall–Kier alpha value is -1.20. The molecule has 2 aromatic carbocycles. The third-order valence-corrected chi connectivity index (χ3v) is 5.22. The molecule has 0 aliphatic carbocycles. The summed E-state index contributed by atoms with van der Waals surface area (Å²) in [6.07, 6.45) is -1.10. The average Bonchev–Trinajstić information content (AvgIpc) is 2.67. The number of nitrogens with one attached hydrogen (secondary N) is 3. The molecule has 3 N–H and O–H groups in total. The van der Waals surface area contributed by atoms with Crippen molar-refractivity contribution in [1.82, 2.24) is 10.6 Å². The smallest absolute Gasteiger partial charge is 0.253 e. The fourth-order valence-corrected chi connectivity index (χ4v) is 3.15. The van der Waals surface area contributed by atoms with E-state index in [-0.39, 0.29) is 5.11 Å². The van der Waals surface area contributed by atoms with E-state index in [1.54, 1.807) is 12.1 Å². The van der Waals surface area contributed by atoms with Gasteiger partial charge < -0.3 is 25.4 Å². The summed E-state index contributed by atoms with van der Waals surface area (Å²) in [7, 11) is 2.97. The molecule has 0 bridgehead atoms. The summed E-state index contributed by atoms with van der Waals surface area (Å²) in [6, 6.07) is 12.2. The topological polar surface area (TPSA) is 71.6 Å². The Labute approximate surface area is 202 Å². The number of carbonyl (C=O) groups excluding carboxylic acids is 1. The summed E-state index contributed by atoms with van der Waals surface area (Å²) in [6.45, 7) is 0. The fraction of sp³-hybridized carbons (Fsp3) is 0.222. The minimum atomic E-state index is -1.87. The van der Waals surface area contributed by atoms with Gasteiger partial charge in [0, 0.05) is 14.8 Å². The van der Waals surface area contributed by atoms with Crippen LogP contribution in [0.25, 0.3) is 0 Å². The molecule has 0 fully saturated rings. The molecule has 0 aliphatic heterocycles. The number of anilines is 1. The van der Waals surface area contributed by atoms with Crippen LogP contribution in [-0.4, -0.2) is 35.2 Å². The molecule has 2 rings (SSSR count). The Balaban J connectivity index is 2.11. The van der Waals surface area contributed by atoms with Crippen molar-refractivity contribution in [1.29, 1.82) is 0 Å². The van der Waals surface area contributed by atoms with Gasteiger partial charge in [0.25, 0.3) is 5.91 Å². The summed E-state index contributed by atoms with van der Waals surface area (Å²) in [5, 5.41) is 8.57. The maximum absolute atomic E-state index is 12.7. The number of carbonyl (C=O) groups is 1. The number of alkyl halides is 3. The lowest BCUT2D eigenvalue weighted by Crippen LogP contribution is -2.56. The van der Waals surface area contributed by atoms with E-state index < -0.39 is 15.9 Å². The second-order valence-corrected chi connectivity index (χ2v) is 9.65. The molecule has 0 radical (unpaired) electrons. The molecule has 0 aromatic heterocycles. The number of hydrogen-bond acceptors (Lipinski definition) is 4. The molecule has 0 heterocycles. The Morgan fingerprint density at radius 3 is 2.21 bits per heavy atom. The predicted molar refractivity (Wildman–Crippen MR) is 130 cm³/mol. The quantitative estimate of drug-likeness (QED) is 0.196. The van der Waals surface area contributed by atoms with Crippen LogP contribution in [0.5, 0.6) is 11.5 Å². The summed E-state index contributed by atoms with van der Waals surface area (Å²) in [5.41, 5.74) is 1.04. The van der Waals surface area contributed by atoms with Gasteiger partial charge in [-0.05, 0) is 77.3 Å². The summed E-state index contributed by atoms with van der Waals surface area (Å²) >= 11 is 25.5. The maximum atomic E-state index is 12.7. The first-order chi connectivity index (χ1) is 13.6. The van der Waals surface area contributed by atoms with Gasteiger partial charge in [-0.2, -0.15) is 0 Å². The van der Waals surface area contributed by atoms with Gasteiger partial charge in [0.1, 0.15) is 6.17 Å². The van der Waals surface area contributed by atoms with Gasteiger partial charge in [-0.1, -0.05) is 34.8 Å². The molecule has 0 spiro atoms. The van der Waals surface area contributed by atoms with Crippen molar-refractivity contribution in [2.75, 3.05) is 19.5 Å². The molecule has 1 atom stereocenters. The van der Waals surface area contributed by atoms with Crippen LogP contribution in [0.2, 0.25) is 0 Å². The number of hydrogen-bond donors (Lipinski definition) is 3. The normalized spacial score (nSPS) is 11.9. The number of amides is 1. The van der Waals surface area contributed by atoms with E-state index in [9.17, 15) is 4.79 Å². The first-order valence-electron chi connectivity index (χ1n) is 8.06. The highest BCUT2D eigenvalue weighted by atomic mass is 127. The van der Waals surface area contributed by atoms with Gasteiger partial charge in [0.2, 0.25) is 3.79 Å². The first-order valence-corrected chi connectivity index (χ1v) is 10.7. The largest absolute Gasteiger partial charge is 0.493 e. The van der Waals surface area contributed by atoms with E-state index >= 15 is 0 Å². The molecule has 2 aromatic rings. The van der Waals surface area contributed by atoms with E-state index in [0.717, 1.165) is 9.26 Å². The lowest BCUT2D eigenvalue weighted by Gasteiger charge is -2.28. The minimum Gasteiger partial charge on any atom is -0.493 e. The molecule has 6 nitrogen and oxygen atoms in total. The highest BCUT2D eigenvalue weighted by molar-refractivity contribution is 14.1. The fourth-order valence-electron chi connectivity index (χ4n) is 2.22. The standard InChI is InChI=1S/C18H17Cl3IN3O3S/c1-27-13-8-3-10(9-14(13)28-2)15(26)24-16(18(19,20)21)25-17(29)23-12-6-4-11(22)5-7-12/h3-9,16H,1-2H3,(H,24,26)(H2,23,25,29)/t16-/m0/s1. The summed E-state index contributed by atoms with van der Waals surface area (Å²) < 4.78 is 9.58. The van der Waals surface area contributed by atoms with Crippen LogP contribution in [-0.2, 0) is 0 Å². The second kappa shape index (κ2) is 10.7. The third kappa shape index (κ3) is 7.21. The number of halogens is 4. The van der Waals surface area contributed by atoms with Crippen molar-refractivity contribution in [3.05, 3.63) is 51.6 Å². The molecule has 0 saturated heterocycles. The van der Waals surface area contributed by atoms with Crippen molar-refractivity contribution >= 4 is 86.3 Å². The monoisotopic (exact) mass is 587 g/mol. The number of rotatable bonds is 6. The molecular weight excluding hydrogens is 572 g/mol. The van der Waals surface area contributed by atoms with E-state index in [2.05, 4.69) is 38.5 Å². The van der Waals surface area contributed by atoms with Gasteiger partial charge in [-0.3, -0.25) is 4.79 Å². The highest BCUT2D eigenvalue weighted by Gasteiger charge is 2.35. The van der Waals surface area contributed by atoms with Crippen LogP contribution >= 0.6 is 69.6 Å². The number of methoxy groups -OCH3 is 2. The molecule has 29 heavy (non-hydrogen) atoms. The van der Waals surface area contributed by atoms with Crippen molar-refractivity contribution in [3.63, 3.8) is 0 Å². The highest BCUT2D eigenvalue weighted by Crippen LogP contribution is 2.30. The van der Waals surface area contributed by atoms with Crippen LogP contribution < -0.4 is 25.4 Å². The van der Waals surface area contributed by atoms with Gasteiger partial charge in [-0.25, -0.2) is 0 Å². The zero-order chi connectivity index (χ0) is 21.6. The number of thiocarbonyl (C=S) groups is 1. The lowest BCUT2D eigenvalue weighted by molar-refractivity contribution is 0.0934. The van der Waals surface area contributed by atoms with E-state index in [4.69, 9.17) is 56.5 Å². The van der Waals surface area contributed by atoms with E-state index in [1.165, 1.54) is 20.3 Å². The molecule has 11 heteroatoms. The molecular formula is C18H17Cl3IN3O3S. The van der Waals surface area contributed by atoms with Crippen molar-refractivity contribution in [3.8, 4) is 11.5 Å². The Morgan fingerprint density at radius 1 is 1.03 bits per heavy atom. The summed E-state index contributed by atoms with van der Waals surface area (Å²) in [4.78, 5) is 12.7. The minimum absolute atomic E-state index is 0.176. The van der Waals surface area contributed by atoms with E-state index in [0.29, 0.717) is 17.1 Å². The molecule has 0 unspecified atom stereocenters. The average molecular weight is 589 g/mol. The van der Waals surface area contributed by atoms with E-state index in [1.807, 2.05) is 24.3 Å². The van der Waals surface area contributed by atoms with Gasteiger partial charge >= 0.3 is 0 Å². The first kappa shape index (κ1) is 24.1. The molecule has 156 valence electrons. The van der Waals surface area contributed by atoms with Gasteiger partial charge in [0.15, 0.2) is 16.6 Å². The van der Waals surface area contributed by atoms with Gasteiger partial charge in [0.05, 0.1) is 14.2 Å². The summed E-state index contributed by atoms with van der Waals surface area (Å²) in [5.74, 6) is 0.393. The van der Waals surface area contributed by atoms with Crippen molar-refractivity contribution in [2.45, 2.75) is 9.96 Å². The number of ether oxygens (including phenoxy) is 2.